The Labute approximate surface area is 157 Å². The Hall–Kier alpha value is -1.39. The van der Waals surface area contributed by atoms with Gasteiger partial charge in [0.1, 0.15) is 5.82 Å². The second-order valence-corrected chi connectivity index (χ2v) is 8.36. The summed E-state index contributed by atoms with van der Waals surface area (Å²) in [6, 6.07) is 5.54. The Morgan fingerprint density at radius 3 is 2.07 bits per heavy atom. The van der Waals surface area contributed by atoms with Gasteiger partial charge in [-0.2, -0.15) is 13.2 Å². The second-order valence-electron chi connectivity index (χ2n) is 8.36. The third-order valence-corrected chi connectivity index (χ3v) is 6.38. The number of halogens is 5. The summed E-state index contributed by atoms with van der Waals surface area (Å²) in [5.74, 6) is -1.46. The predicted molar refractivity (Wildman–Crippen MR) is 96.7 cm³/mol. The van der Waals surface area contributed by atoms with Crippen LogP contribution in [0.15, 0.2) is 30.1 Å². The molecular weight excluding hydrogens is 359 g/mol. The zero-order valence-electron chi connectivity index (χ0n) is 15.7. The summed E-state index contributed by atoms with van der Waals surface area (Å²) in [5.41, 5.74) is 1.72. The van der Waals surface area contributed by atoms with Gasteiger partial charge in [-0.25, -0.2) is 8.78 Å². The molecule has 0 amide bonds. The molecule has 2 aliphatic carbocycles. The SMILES string of the molecule is CC1CCC(c2ccc(C3CCC(C=C(F)C(F)(F)F)CC3)c(F)c2)CC1. The zero-order chi connectivity index (χ0) is 19.6. The molecule has 1 aromatic rings. The molecular formula is C22H27F5. The molecule has 0 aromatic heterocycles. The molecule has 1 aromatic carbocycles. The van der Waals surface area contributed by atoms with Crippen molar-refractivity contribution in [3.63, 3.8) is 0 Å². The van der Waals surface area contributed by atoms with E-state index in [1.807, 2.05) is 12.1 Å². The molecule has 2 aliphatic rings. The van der Waals surface area contributed by atoms with Crippen molar-refractivity contribution in [3.8, 4) is 0 Å². The average Bonchev–Trinajstić information content (AvgIpc) is 2.62. The van der Waals surface area contributed by atoms with Crippen LogP contribution in [-0.4, -0.2) is 6.18 Å². The van der Waals surface area contributed by atoms with Crippen molar-refractivity contribution in [2.75, 3.05) is 0 Å². The minimum absolute atomic E-state index is 0.00373. The summed E-state index contributed by atoms with van der Waals surface area (Å²) in [6.07, 6.45) is 2.43. The molecule has 0 atom stereocenters. The van der Waals surface area contributed by atoms with E-state index in [0.717, 1.165) is 24.3 Å². The fraction of sp³-hybridized carbons (Fsp3) is 0.636. The first-order valence-electron chi connectivity index (χ1n) is 9.98. The van der Waals surface area contributed by atoms with E-state index >= 15 is 0 Å². The molecule has 0 N–H and O–H groups in total. The molecule has 0 radical (unpaired) electrons. The van der Waals surface area contributed by atoms with Crippen LogP contribution < -0.4 is 0 Å². The average molecular weight is 386 g/mol. The molecule has 0 nitrogen and oxygen atoms in total. The van der Waals surface area contributed by atoms with Crippen molar-refractivity contribution in [2.45, 2.75) is 76.3 Å². The van der Waals surface area contributed by atoms with Crippen LogP contribution in [0.3, 0.4) is 0 Å². The molecule has 0 bridgehead atoms. The van der Waals surface area contributed by atoms with Crippen LogP contribution in [0.4, 0.5) is 22.0 Å². The molecule has 3 rings (SSSR count). The lowest BCUT2D eigenvalue weighted by molar-refractivity contribution is -0.109. The maximum absolute atomic E-state index is 14.7. The Kier molecular flexibility index (Phi) is 6.27. The number of alkyl halides is 3. The third-order valence-electron chi connectivity index (χ3n) is 6.38. The molecule has 150 valence electrons. The van der Waals surface area contributed by atoms with Crippen LogP contribution in [0.2, 0.25) is 0 Å². The monoisotopic (exact) mass is 386 g/mol. The topological polar surface area (TPSA) is 0 Å². The number of benzene rings is 1. The summed E-state index contributed by atoms with van der Waals surface area (Å²) in [6.45, 7) is 2.26. The van der Waals surface area contributed by atoms with Gasteiger partial charge in [0.15, 0.2) is 5.83 Å². The standard InChI is InChI=1S/C22H27F5/c1-14-2-6-16(7-3-14)18-10-11-19(20(23)13-18)17-8-4-15(5-9-17)12-21(24)22(25,26)27/h10-17H,2-9H2,1H3. The van der Waals surface area contributed by atoms with Crippen LogP contribution in [-0.2, 0) is 0 Å². The first-order chi connectivity index (χ1) is 12.7. The normalized spacial score (nSPS) is 30.4. The molecule has 5 heteroatoms. The van der Waals surface area contributed by atoms with E-state index in [9.17, 15) is 22.0 Å². The van der Waals surface area contributed by atoms with Crippen LogP contribution in [0.1, 0.15) is 81.3 Å². The molecule has 2 fully saturated rings. The van der Waals surface area contributed by atoms with Crippen molar-refractivity contribution < 1.29 is 22.0 Å². The highest BCUT2D eigenvalue weighted by Crippen LogP contribution is 2.41. The number of hydrogen-bond donors (Lipinski definition) is 0. The van der Waals surface area contributed by atoms with Gasteiger partial charge in [0.05, 0.1) is 0 Å². The highest BCUT2D eigenvalue weighted by atomic mass is 19.4. The van der Waals surface area contributed by atoms with E-state index in [-0.39, 0.29) is 11.7 Å². The molecule has 0 spiro atoms. The van der Waals surface area contributed by atoms with Gasteiger partial charge in [-0.3, -0.25) is 0 Å². The summed E-state index contributed by atoms with van der Waals surface area (Å²) < 4.78 is 64.8. The fourth-order valence-corrected chi connectivity index (χ4v) is 4.62. The van der Waals surface area contributed by atoms with Crippen LogP contribution >= 0.6 is 0 Å². The molecule has 0 saturated heterocycles. The Balaban J connectivity index is 1.61. The lowest BCUT2D eigenvalue weighted by Crippen LogP contribution is -2.16. The quantitative estimate of drug-likeness (QED) is 0.465. The first kappa shape index (κ1) is 20.3. The van der Waals surface area contributed by atoms with Gasteiger partial charge in [-0.15, -0.1) is 0 Å². The lowest BCUT2D eigenvalue weighted by Gasteiger charge is -2.29. The summed E-state index contributed by atoms with van der Waals surface area (Å²) >= 11 is 0. The van der Waals surface area contributed by atoms with Crippen LogP contribution in [0.5, 0.6) is 0 Å². The summed E-state index contributed by atoms with van der Waals surface area (Å²) in [4.78, 5) is 0. The van der Waals surface area contributed by atoms with Gasteiger partial charge in [0.25, 0.3) is 0 Å². The van der Waals surface area contributed by atoms with Crippen LogP contribution in [0.25, 0.3) is 0 Å². The summed E-state index contributed by atoms with van der Waals surface area (Å²) in [7, 11) is 0. The lowest BCUT2D eigenvalue weighted by atomic mass is 9.76. The highest BCUT2D eigenvalue weighted by Gasteiger charge is 2.35. The van der Waals surface area contributed by atoms with E-state index in [1.54, 1.807) is 6.07 Å². The van der Waals surface area contributed by atoms with Gasteiger partial charge >= 0.3 is 6.18 Å². The van der Waals surface area contributed by atoms with Gasteiger partial charge in [-0.1, -0.05) is 31.9 Å². The minimum atomic E-state index is -4.91. The van der Waals surface area contributed by atoms with Gasteiger partial charge in [0.2, 0.25) is 0 Å². The molecule has 0 unspecified atom stereocenters. The van der Waals surface area contributed by atoms with E-state index in [2.05, 4.69) is 6.92 Å². The Morgan fingerprint density at radius 2 is 1.52 bits per heavy atom. The molecule has 0 heterocycles. The maximum Gasteiger partial charge on any atom is 0.442 e. The number of rotatable bonds is 3. The summed E-state index contributed by atoms with van der Waals surface area (Å²) in [5, 5.41) is 0. The zero-order valence-corrected chi connectivity index (χ0v) is 15.7. The molecule has 0 aliphatic heterocycles. The molecule has 27 heavy (non-hydrogen) atoms. The largest absolute Gasteiger partial charge is 0.442 e. The van der Waals surface area contributed by atoms with E-state index < -0.39 is 17.9 Å². The second kappa shape index (κ2) is 8.32. The van der Waals surface area contributed by atoms with Crippen LogP contribution in [0, 0.1) is 17.7 Å². The van der Waals surface area contributed by atoms with Gasteiger partial charge in [-0.05, 0) is 85.5 Å². The van der Waals surface area contributed by atoms with Gasteiger partial charge in [0, 0.05) is 0 Å². The predicted octanol–water partition coefficient (Wildman–Crippen LogP) is 7.81. The van der Waals surface area contributed by atoms with Gasteiger partial charge < -0.3 is 0 Å². The smallest absolute Gasteiger partial charge is 0.207 e. The van der Waals surface area contributed by atoms with E-state index in [1.165, 1.54) is 12.8 Å². The Bertz CT molecular complexity index is 660. The number of hydrogen-bond acceptors (Lipinski definition) is 0. The van der Waals surface area contributed by atoms with Crippen molar-refractivity contribution in [2.24, 2.45) is 11.8 Å². The fourth-order valence-electron chi connectivity index (χ4n) is 4.62. The third kappa shape index (κ3) is 5.11. The highest BCUT2D eigenvalue weighted by molar-refractivity contribution is 5.30. The number of allylic oxidation sites excluding steroid dienone is 2. The van der Waals surface area contributed by atoms with E-state index in [0.29, 0.717) is 43.2 Å². The van der Waals surface area contributed by atoms with Crippen molar-refractivity contribution >= 4 is 0 Å². The minimum Gasteiger partial charge on any atom is -0.207 e. The maximum atomic E-state index is 14.7. The first-order valence-corrected chi connectivity index (χ1v) is 9.98. The van der Waals surface area contributed by atoms with Crippen molar-refractivity contribution in [3.05, 3.63) is 47.0 Å². The van der Waals surface area contributed by atoms with Crippen molar-refractivity contribution in [1.29, 1.82) is 0 Å². The molecule has 2 saturated carbocycles. The Morgan fingerprint density at radius 1 is 0.926 bits per heavy atom. The van der Waals surface area contributed by atoms with Crippen molar-refractivity contribution in [1.82, 2.24) is 0 Å². The van der Waals surface area contributed by atoms with E-state index in [4.69, 9.17) is 0 Å².